The molecule has 1 aromatic carbocycles. The van der Waals surface area contributed by atoms with Gasteiger partial charge in [0.15, 0.2) is 0 Å². The van der Waals surface area contributed by atoms with Crippen molar-refractivity contribution in [3.05, 3.63) is 29.3 Å². The third-order valence-electron chi connectivity index (χ3n) is 4.69. The van der Waals surface area contributed by atoms with Crippen molar-refractivity contribution in [3.8, 4) is 0 Å². The minimum atomic E-state index is 1.03. The van der Waals surface area contributed by atoms with Crippen LogP contribution in [0.3, 0.4) is 0 Å². The van der Waals surface area contributed by atoms with E-state index in [1.165, 1.54) is 37.3 Å². The van der Waals surface area contributed by atoms with E-state index >= 15 is 0 Å². The zero-order valence-electron chi connectivity index (χ0n) is 13.4. The van der Waals surface area contributed by atoms with Crippen molar-refractivity contribution in [2.75, 3.05) is 64.8 Å². The number of hydrogen-bond donors (Lipinski definition) is 1. The molecule has 4 heteroatoms. The van der Waals surface area contributed by atoms with Gasteiger partial charge in [0.2, 0.25) is 0 Å². The normalized spacial score (nSPS) is 19.9. The maximum atomic E-state index is 3.47. The fourth-order valence-corrected chi connectivity index (χ4v) is 3.36. The molecule has 116 valence electrons. The third kappa shape index (κ3) is 3.57. The van der Waals surface area contributed by atoms with Crippen LogP contribution < -0.4 is 10.2 Å². The van der Waals surface area contributed by atoms with Gasteiger partial charge in [-0.25, -0.2) is 0 Å². The van der Waals surface area contributed by atoms with Crippen LogP contribution in [0, 0.1) is 0 Å². The largest absolute Gasteiger partial charge is 0.369 e. The summed E-state index contributed by atoms with van der Waals surface area (Å²) in [5, 5.41) is 3.47. The summed E-state index contributed by atoms with van der Waals surface area (Å²) in [6.07, 6.45) is 1.17. The molecule has 3 rings (SSSR count). The number of nitrogens with one attached hydrogen (secondary N) is 1. The Morgan fingerprint density at radius 1 is 1.14 bits per heavy atom. The van der Waals surface area contributed by atoms with E-state index in [0.717, 1.165) is 32.7 Å². The Hall–Kier alpha value is -1.10. The number of benzene rings is 1. The minimum Gasteiger partial charge on any atom is -0.369 e. The van der Waals surface area contributed by atoms with E-state index in [2.05, 4.69) is 52.3 Å². The summed E-state index contributed by atoms with van der Waals surface area (Å²) in [4.78, 5) is 7.46. The summed E-state index contributed by atoms with van der Waals surface area (Å²) in [6.45, 7) is 9.21. The van der Waals surface area contributed by atoms with Gasteiger partial charge in [-0.2, -0.15) is 0 Å². The van der Waals surface area contributed by atoms with Crippen LogP contribution in [0.4, 0.5) is 5.69 Å². The lowest BCUT2D eigenvalue weighted by atomic mass is 9.98. The zero-order valence-corrected chi connectivity index (χ0v) is 13.4. The van der Waals surface area contributed by atoms with Crippen LogP contribution in [0.25, 0.3) is 0 Å². The molecule has 2 heterocycles. The Kier molecular flexibility index (Phi) is 4.78. The molecule has 0 amide bonds. The van der Waals surface area contributed by atoms with Gasteiger partial charge in [0.25, 0.3) is 0 Å². The number of piperazine rings is 1. The van der Waals surface area contributed by atoms with Crippen molar-refractivity contribution in [2.45, 2.75) is 13.0 Å². The van der Waals surface area contributed by atoms with Crippen molar-refractivity contribution >= 4 is 5.69 Å². The summed E-state index contributed by atoms with van der Waals surface area (Å²) < 4.78 is 0. The second-order valence-electron chi connectivity index (χ2n) is 6.47. The first kappa shape index (κ1) is 14.8. The summed E-state index contributed by atoms with van der Waals surface area (Å²) in [7, 11) is 4.31. The summed E-state index contributed by atoms with van der Waals surface area (Å²) in [5.74, 6) is 0. The lowest BCUT2D eigenvalue weighted by Gasteiger charge is -2.38. The van der Waals surface area contributed by atoms with Crippen LogP contribution in [0.5, 0.6) is 0 Å². The van der Waals surface area contributed by atoms with E-state index in [1.807, 2.05) is 0 Å². The molecule has 2 aliphatic heterocycles. The molecule has 1 aromatic rings. The van der Waals surface area contributed by atoms with E-state index in [0.29, 0.717) is 0 Å². The van der Waals surface area contributed by atoms with Gasteiger partial charge in [-0.1, -0.05) is 12.1 Å². The van der Waals surface area contributed by atoms with Gasteiger partial charge in [-0.05, 0) is 44.3 Å². The number of rotatable bonds is 4. The highest BCUT2D eigenvalue weighted by Gasteiger charge is 2.21. The quantitative estimate of drug-likeness (QED) is 0.893. The van der Waals surface area contributed by atoms with Gasteiger partial charge < -0.3 is 15.1 Å². The van der Waals surface area contributed by atoms with Crippen LogP contribution >= 0.6 is 0 Å². The highest BCUT2D eigenvalue weighted by atomic mass is 15.3. The van der Waals surface area contributed by atoms with Crippen LogP contribution in [-0.2, 0) is 13.0 Å². The molecule has 0 aromatic heterocycles. The molecule has 4 nitrogen and oxygen atoms in total. The third-order valence-corrected chi connectivity index (χ3v) is 4.69. The molecule has 1 saturated heterocycles. The van der Waals surface area contributed by atoms with Crippen molar-refractivity contribution in [3.63, 3.8) is 0 Å². The molecule has 0 saturated carbocycles. The molecule has 0 unspecified atom stereocenters. The Morgan fingerprint density at radius 2 is 1.95 bits per heavy atom. The van der Waals surface area contributed by atoms with Gasteiger partial charge in [0.05, 0.1) is 0 Å². The minimum absolute atomic E-state index is 1.03. The molecule has 0 bridgehead atoms. The number of anilines is 1. The fraction of sp³-hybridized carbons (Fsp3) is 0.647. The maximum absolute atomic E-state index is 3.47. The monoisotopic (exact) mass is 288 g/mol. The van der Waals surface area contributed by atoms with E-state index in [4.69, 9.17) is 0 Å². The summed E-state index contributed by atoms with van der Waals surface area (Å²) in [5.41, 5.74) is 4.56. The number of likely N-dealkylation sites (N-methyl/N-ethyl adjacent to an activating group) is 1. The SMILES string of the molecule is CN(C)CCN1CCN(c2cccc3c2CCNC3)CC1. The van der Waals surface area contributed by atoms with Gasteiger partial charge in [-0.15, -0.1) is 0 Å². The van der Waals surface area contributed by atoms with Crippen molar-refractivity contribution in [1.29, 1.82) is 0 Å². The number of nitrogens with zero attached hydrogens (tertiary/aromatic N) is 3. The second-order valence-corrected chi connectivity index (χ2v) is 6.47. The molecule has 0 aliphatic carbocycles. The molecular weight excluding hydrogens is 260 g/mol. The first-order valence-corrected chi connectivity index (χ1v) is 8.17. The highest BCUT2D eigenvalue weighted by Crippen LogP contribution is 2.27. The average molecular weight is 288 g/mol. The van der Waals surface area contributed by atoms with Crippen LogP contribution in [0.1, 0.15) is 11.1 Å². The number of fused-ring (bicyclic) bond motifs is 1. The summed E-state index contributed by atoms with van der Waals surface area (Å²) in [6, 6.07) is 6.82. The molecule has 0 spiro atoms. The van der Waals surface area contributed by atoms with E-state index in [-0.39, 0.29) is 0 Å². The molecule has 0 atom stereocenters. The molecule has 2 aliphatic rings. The fourth-order valence-electron chi connectivity index (χ4n) is 3.36. The van der Waals surface area contributed by atoms with Crippen LogP contribution in [0.15, 0.2) is 18.2 Å². The van der Waals surface area contributed by atoms with Crippen LogP contribution in [0.2, 0.25) is 0 Å². The predicted molar refractivity (Wildman–Crippen MR) is 89.1 cm³/mol. The first-order chi connectivity index (χ1) is 10.2. The number of hydrogen-bond acceptors (Lipinski definition) is 4. The van der Waals surface area contributed by atoms with Gasteiger partial charge in [0, 0.05) is 51.5 Å². The van der Waals surface area contributed by atoms with Crippen molar-refractivity contribution in [1.82, 2.24) is 15.1 Å². The van der Waals surface area contributed by atoms with Crippen molar-refractivity contribution < 1.29 is 0 Å². The Bertz CT molecular complexity index is 464. The van der Waals surface area contributed by atoms with E-state index in [9.17, 15) is 0 Å². The molecular formula is C17H28N4. The van der Waals surface area contributed by atoms with E-state index in [1.54, 1.807) is 5.56 Å². The van der Waals surface area contributed by atoms with Crippen molar-refractivity contribution in [2.24, 2.45) is 0 Å². The molecule has 0 radical (unpaired) electrons. The first-order valence-electron chi connectivity index (χ1n) is 8.17. The lowest BCUT2D eigenvalue weighted by Crippen LogP contribution is -2.48. The predicted octanol–water partition coefficient (Wildman–Crippen LogP) is 1.02. The zero-order chi connectivity index (χ0) is 14.7. The molecule has 1 N–H and O–H groups in total. The van der Waals surface area contributed by atoms with Gasteiger partial charge in [-0.3, -0.25) is 4.90 Å². The molecule has 1 fully saturated rings. The molecule has 21 heavy (non-hydrogen) atoms. The van der Waals surface area contributed by atoms with Gasteiger partial charge in [0.1, 0.15) is 0 Å². The Morgan fingerprint density at radius 3 is 2.71 bits per heavy atom. The lowest BCUT2D eigenvalue weighted by molar-refractivity contribution is 0.229. The van der Waals surface area contributed by atoms with E-state index < -0.39 is 0 Å². The highest BCUT2D eigenvalue weighted by molar-refractivity contribution is 5.58. The Labute approximate surface area is 128 Å². The second kappa shape index (κ2) is 6.77. The maximum Gasteiger partial charge on any atom is 0.0403 e. The average Bonchev–Trinajstić information content (AvgIpc) is 2.53. The standard InChI is InChI=1S/C17H28N4/c1-19(2)8-9-20-10-12-21(13-11-20)17-5-3-4-15-14-18-7-6-16(15)17/h3-5,18H,6-14H2,1-2H3. The van der Waals surface area contributed by atoms with Crippen LogP contribution in [-0.4, -0.2) is 69.7 Å². The Balaban J connectivity index is 1.62. The van der Waals surface area contributed by atoms with Gasteiger partial charge >= 0.3 is 0 Å². The topological polar surface area (TPSA) is 21.8 Å². The summed E-state index contributed by atoms with van der Waals surface area (Å²) >= 11 is 0. The smallest absolute Gasteiger partial charge is 0.0403 e.